The van der Waals surface area contributed by atoms with Crippen molar-refractivity contribution in [3.63, 3.8) is 0 Å². The summed E-state index contributed by atoms with van der Waals surface area (Å²) in [5, 5.41) is 0. The summed E-state index contributed by atoms with van der Waals surface area (Å²) in [4.78, 5) is 50.9. The van der Waals surface area contributed by atoms with Crippen LogP contribution in [0.25, 0.3) is 0 Å². The topological polar surface area (TPSA) is 86.7 Å². The first kappa shape index (κ1) is 38.2. The number of nitrogens with zero attached hydrogens (tertiary/aromatic N) is 1. The summed E-state index contributed by atoms with van der Waals surface area (Å²) >= 11 is 0. The molecule has 0 N–H and O–H groups in total. The maximum absolute atomic E-state index is 13.4. The van der Waals surface area contributed by atoms with Gasteiger partial charge in [-0.2, -0.15) is 4.48 Å². The second kappa shape index (κ2) is 26.2. The van der Waals surface area contributed by atoms with E-state index in [2.05, 4.69) is 20.8 Å². The molecule has 0 atom stereocenters. The van der Waals surface area contributed by atoms with Gasteiger partial charge in [-0.15, -0.1) is 0 Å². The Morgan fingerprint density at radius 2 is 0.800 bits per heavy atom. The molecule has 0 bridgehead atoms. The lowest BCUT2D eigenvalue weighted by molar-refractivity contribution is -0.780. The summed E-state index contributed by atoms with van der Waals surface area (Å²) < 4.78 is 10.5. The van der Waals surface area contributed by atoms with E-state index in [0.29, 0.717) is 19.3 Å². The first-order chi connectivity index (χ1) is 19.3. The van der Waals surface area contributed by atoms with Gasteiger partial charge in [0.2, 0.25) is 0 Å². The molecule has 0 aromatic rings. The van der Waals surface area contributed by atoms with Crippen molar-refractivity contribution in [2.24, 2.45) is 0 Å². The third-order valence-electron chi connectivity index (χ3n) is 7.77. The van der Waals surface area contributed by atoms with Crippen LogP contribution in [0.2, 0.25) is 0 Å². The van der Waals surface area contributed by atoms with Gasteiger partial charge in [0.15, 0.2) is 0 Å². The summed E-state index contributed by atoms with van der Waals surface area (Å²) in [5.41, 5.74) is 0. The number of imide groups is 1. The second-order valence-corrected chi connectivity index (χ2v) is 11.3. The average Bonchev–Trinajstić information content (AvgIpc) is 2.93. The maximum Gasteiger partial charge on any atom is 0.321 e. The lowest BCUT2D eigenvalue weighted by Crippen LogP contribution is -2.59. The van der Waals surface area contributed by atoms with E-state index in [1.165, 1.54) is 58.3 Å². The molecule has 0 rings (SSSR count). The van der Waals surface area contributed by atoms with Crippen molar-refractivity contribution in [3.8, 4) is 0 Å². The normalized spacial score (nSPS) is 11.4. The fourth-order valence-corrected chi connectivity index (χ4v) is 5.00. The molecule has 0 unspecified atom stereocenters. The Labute approximate surface area is 245 Å². The molecule has 7 heteroatoms. The van der Waals surface area contributed by atoms with Gasteiger partial charge in [-0.1, -0.05) is 117 Å². The number of hydrogen-bond donors (Lipinski definition) is 0. The molecule has 0 aromatic heterocycles. The number of quaternary nitrogens is 1. The predicted octanol–water partition coefficient (Wildman–Crippen LogP) is 8.21. The summed E-state index contributed by atoms with van der Waals surface area (Å²) in [7, 11) is 0. The molecule has 0 radical (unpaired) electrons. The number of hydrogen-bond acceptors (Lipinski definition) is 6. The molecule has 0 aliphatic rings. The van der Waals surface area contributed by atoms with Gasteiger partial charge in [0.1, 0.15) is 26.3 Å². The molecule has 0 fully saturated rings. The molecule has 0 aliphatic heterocycles. The number of carbonyl (C=O) groups is 4. The van der Waals surface area contributed by atoms with E-state index < -0.39 is 4.48 Å². The highest BCUT2D eigenvalue weighted by atomic mass is 16.5. The highest BCUT2D eigenvalue weighted by Crippen LogP contribution is 2.17. The molecular formula is C33H62NO6+. The smallest absolute Gasteiger partial charge is 0.321 e. The van der Waals surface area contributed by atoms with Gasteiger partial charge in [-0.3, -0.25) is 9.59 Å². The van der Waals surface area contributed by atoms with Crippen LogP contribution >= 0.6 is 0 Å². The minimum atomic E-state index is -0.441. The Hall–Kier alpha value is -1.76. The van der Waals surface area contributed by atoms with Gasteiger partial charge in [-0.05, 0) is 19.3 Å². The first-order valence-corrected chi connectivity index (χ1v) is 16.6. The van der Waals surface area contributed by atoms with Crippen molar-refractivity contribution in [3.05, 3.63) is 0 Å². The Morgan fingerprint density at radius 1 is 0.475 bits per heavy atom. The number of rotatable bonds is 27. The van der Waals surface area contributed by atoms with Gasteiger partial charge < -0.3 is 9.47 Å². The Balaban J connectivity index is 4.88. The molecular weight excluding hydrogens is 506 g/mol. The molecule has 2 amide bonds. The zero-order valence-electron chi connectivity index (χ0n) is 26.6. The fourth-order valence-electron chi connectivity index (χ4n) is 5.00. The Kier molecular flexibility index (Phi) is 25.0. The minimum absolute atomic E-state index is 0.00218. The van der Waals surface area contributed by atoms with E-state index in [1.54, 1.807) is 0 Å². The number of ether oxygens (including phenoxy) is 2. The number of carbonyl (C=O) groups excluding carboxylic acids is 4. The van der Waals surface area contributed by atoms with Crippen LogP contribution in [0.15, 0.2) is 0 Å². The van der Waals surface area contributed by atoms with Gasteiger partial charge in [0, 0.05) is 12.8 Å². The van der Waals surface area contributed by atoms with E-state index in [4.69, 9.17) is 9.47 Å². The number of esters is 2. The average molecular weight is 569 g/mol. The van der Waals surface area contributed by atoms with Crippen LogP contribution < -0.4 is 0 Å². The highest BCUT2D eigenvalue weighted by Gasteiger charge is 2.41. The lowest BCUT2D eigenvalue weighted by Gasteiger charge is -2.32. The van der Waals surface area contributed by atoms with Crippen molar-refractivity contribution >= 4 is 23.8 Å². The number of unbranched alkanes of at least 4 members (excludes halogenated alkanes) is 15. The van der Waals surface area contributed by atoms with Crippen LogP contribution in [0, 0.1) is 0 Å². The second-order valence-electron chi connectivity index (χ2n) is 11.3. The van der Waals surface area contributed by atoms with Crippen molar-refractivity contribution in [2.75, 3.05) is 26.3 Å². The highest BCUT2D eigenvalue weighted by molar-refractivity contribution is 5.83. The van der Waals surface area contributed by atoms with Crippen LogP contribution in [-0.4, -0.2) is 54.5 Å². The van der Waals surface area contributed by atoms with Crippen LogP contribution in [-0.2, 0) is 28.7 Å². The van der Waals surface area contributed by atoms with Gasteiger partial charge in [-0.25, -0.2) is 9.59 Å². The molecule has 0 aliphatic carbocycles. The summed E-state index contributed by atoms with van der Waals surface area (Å²) in [6, 6.07) is 0. The molecule has 7 nitrogen and oxygen atoms in total. The maximum atomic E-state index is 13.4. The van der Waals surface area contributed by atoms with E-state index in [1.807, 2.05) is 0 Å². The van der Waals surface area contributed by atoms with Gasteiger partial charge in [0.05, 0.1) is 13.3 Å². The van der Waals surface area contributed by atoms with Gasteiger partial charge in [0.25, 0.3) is 0 Å². The third kappa shape index (κ3) is 19.3. The van der Waals surface area contributed by atoms with Crippen LogP contribution in [0.4, 0.5) is 0 Å². The van der Waals surface area contributed by atoms with Crippen molar-refractivity contribution in [1.82, 2.24) is 0 Å². The SMILES string of the molecule is CCCCCCCCC(=O)OCC[N+](CCOC(=O)CCCCCCCC)(C(C)=O)C(=O)CCCCCCCC. The van der Waals surface area contributed by atoms with Crippen molar-refractivity contribution < 1.29 is 33.1 Å². The van der Waals surface area contributed by atoms with E-state index >= 15 is 0 Å². The summed E-state index contributed by atoms with van der Waals surface area (Å²) in [6.45, 7) is 8.11. The predicted molar refractivity (Wildman–Crippen MR) is 162 cm³/mol. The van der Waals surface area contributed by atoms with Crippen LogP contribution in [0.5, 0.6) is 0 Å². The van der Waals surface area contributed by atoms with Crippen molar-refractivity contribution in [2.45, 2.75) is 163 Å². The molecule has 0 aromatic carbocycles. The van der Waals surface area contributed by atoms with E-state index in [9.17, 15) is 19.2 Å². The quantitative estimate of drug-likeness (QED) is 0.0564. The summed E-state index contributed by atoms with van der Waals surface area (Å²) in [5.74, 6) is -1.05. The Bertz CT molecular complexity index is 644. The van der Waals surface area contributed by atoms with E-state index in [-0.39, 0.29) is 50.1 Å². The largest absolute Gasteiger partial charge is 0.460 e. The molecule has 0 saturated heterocycles. The van der Waals surface area contributed by atoms with Gasteiger partial charge >= 0.3 is 23.8 Å². The molecule has 0 spiro atoms. The number of amides is 2. The first-order valence-electron chi connectivity index (χ1n) is 16.6. The van der Waals surface area contributed by atoms with Crippen LogP contribution in [0.1, 0.15) is 163 Å². The monoisotopic (exact) mass is 568 g/mol. The summed E-state index contributed by atoms with van der Waals surface area (Å²) in [6.07, 6.45) is 20.3. The zero-order chi connectivity index (χ0) is 29.9. The standard InChI is InChI=1S/C33H62NO6/c1-5-8-11-14-17-20-23-31(36)34(30(4)35,26-28-39-32(37)24-21-18-15-12-9-6-2)27-29-40-33(38)25-22-19-16-13-10-7-3/h5-29H2,1-4H3/q+1. The molecule has 0 saturated carbocycles. The Morgan fingerprint density at radius 3 is 1.15 bits per heavy atom. The fraction of sp³-hybridized carbons (Fsp3) is 0.879. The molecule has 0 heterocycles. The zero-order valence-corrected chi connectivity index (χ0v) is 26.6. The molecule has 234 valence electrons. The molecule has 40 heavy (non-hydrogen) atoms. The van der Waals surface area contributed by atoms with Crippen LogP contribution in [0.3, 0.4) is 0 Å². The minimum Gasteiger partial charge on any atom is -0.460 e. The third-order valence-corrected chi connectivity index (χ3v) is 7.77. The van der Waals surface area contributed by atoms with E-state index in [0.717, 1.165) is 64.2 Å². The lowest BCUT2D eigenvalue weighted by atomic mass is 10.1. The van der Waals surface area contributed by atoms with Crippen molar-refractivity contribution in [1.29, 1.82) is 0 Å².